The van der Waals surface area contributed by atoms with E-state index < -0.39 is 0 Å². The molecule has 1 fully saturated rings. The summed E-state index contributed by atoms with van der Waals surface area (Å²) in [5.41, 5.74) is -0.102. The lowest BCUT2D eigenvalue weighted by Gasteiger charge is -2.34. The van der Waals surface area contributed by atoms with E-state index in [1.54, 1.807) is 0 Å². The topological polar surface area (TPSA) is 20.3 Å². The summed E-state index contributed by atoms with van der Waals surface area (Å²) in [4.78, 5) is 14.3. The fraction of sp³-hybridized carbons (Fsp3) is 0.917. The first kappa shape index (κ1) is 11.7. The quantitative estimate of drug-likeness (QED) is 0.675. The molecule has 14 heavy (non-hydrogen) atoms. The van der Waals surface area contributed by atoms with Crippen molar-refractivity contribution in [2.75, 3.05) is 14.1 Å². The fourth-order valence-electron chi connectivity index (χ4n) is 2.51. The van der Waals surface area contributed by atoms with Crippen molar-refractivity contribution in [1.29, 1.82) is 0 Å². The maximum absolute atomic E-state index is 12.1. The minimum atomic E-state index is -0.102. The van der Waals surface area contributed by atoms with Crippen molar-refractivity contribution in [3.63, 3.8) is 0 Å². The molecule has 0 spiro atoms. The molecular formula is C12H23NO. The predicted octanol–water partition coefficient (Wildman–Crippen LogP) is 2.62. The van der Waals surface area contributed by atoms with Gasteiger partial charge in [0.15, 0.2) is 5.78 Å². The van der Waals surface area contributed by atoms with Crippen LogP contribution in [0.3, 0.4) is 0 Å². The summed E-state index contributed by atoms with van der Waals surface area (Å²) in [5.74, 6) is 0.474. The van der Waals surface area contributed by atoms with Crippen LogP contribution in [0.2, 0.25) is 0 Å². The van der Waals surface area contributed by atoms with Crippen LogP contribution in [0.15, 0.2) is 0 Å². The van der Waals surface area contributed by atoms with E-state index in [1.165, 1.54) is 12.8 Å². The number of likely N-dealkylation sites (N-methyl/N-ethyl adjacent to an activating group) is 1. The molecule has 1 rings (SSSR count). The summed E-state index contributed by atoms with van der Waals surface area (Å²) in [7, 11) is 4.10. The second kappa shape index (κ2) is 4.92. The van der Waals surface area contributed by atoms with Crippen LogP contribution in [0, 0.1) is 0 Å². The standard InChI is InChI=1S/C12H23NO/c1-4-5-8-11(14)12(13(2)3)9-6-7-10-12/h4-10H2,1-3H3. The van der Waals surface area contributed by atoms with Crippen molar-refractivity contribution in [1.82, 2.24) is 4.90 Å². The zero-order valence-corrected chi connectivity index (χ0v) is 9.81. The Bertz CT molecular complexity index is 192. The van der Waals surface area contributed by atoms with Gasteiger partial charge in [-0.05, 0) is 33.4 Å². The van der Waals surface area contributed by atoms with E-state index in [9.17, 15) is 4.79 Å². The van der Waals surface area contributed by atoms with Gasteiger partial charge in [-0.2, -0.15) is 0 Å². The highest BCUT2D eigenvalue weighted by molar-refractivity contribution is 5.88. The van der Waals surface area contributed by atoms with Crippen molar-refractivity contribution in [3.05, 3.63) is 0 Å². The minimum absolute atomic E-state index is 0.102. The van der Waals surface area contributed by atoms with Crippen LogP contribution >= 0.6 is 0 Å². The fourth-order valence-corrected chi connectivity index (χ4v) is 2.51. The Hall–Kier alpha value is -0.370. The van der Waals surface area contributed by atoms with Crippen molar-refractivity contribution in [3.8, 4) is 0 Å². The van der Waals surface area contributed by atoms with E-state index in [-0.39, 0.29) is 5.54 Å². The number of rotatable bonds is 5. The maximum atomic E-state index is 12.1. The third-order valence-electron chi connectivity index (χ3n) is 3.56. The van der Waals surface area contributed by atoms with Gasteiger partial charge in [-0.25, -0.2) is 0 Å². The number of carbonyl (C=O) groups excluding carboxylic acids is 1. The average molecular weight is 197 g/mol. The van der Waals surface area contributed by atoms with Crippen LogP contribution in [0.25, 0.3) is 0 Å². The van der Waals surface area contributed by atoms with Crippen molar-refractivity contribution < 1.29 is 4.79 Å². The van der Waals surface area contributed by atoms with E-state index >= 15 is 0 Å². The molecule has 0 bridgehead atoms. The molecule has 0 radical (unpaired) electrons. The first-order valence-corrected chi connectivity index (χ1v) is 5.84. The summed E-state index contributed by atoms with van der Waals surface area (Å²) >= 11 is 0. The Labute approximate surface area is 87.7 Å². The number of unbranched alkanes of at least 4 members (excludes halogenated alkanes) is 1. The highest BCUT2D eigenvalue weighted by Crippen LogP contribution is 2.35. The number of carbonyl (C=O) groups is 1. The van der Waals surface area contributed by atoms with Crippen LogP contribution in [0.5, 0.6) is 0 Å². The third kappa shape index (κ3) is 2.17. The number of Topliss-reactive ketones (excluding diaryl/α,β-unsaturated/α-hetero) is 1. The lowest BCUT2D eigenvalue weighted by molar-refractivity contribution is -0.129. The predicted molar refractivity (Wildman–Crippen MR) is 59.4 cm³/mol. The van der Waals surface area contributed by atoms with E-state index in [2.05, 4.69) is 25.9 Å². The molecule has 1 saturated carbocycles. The smallest absolute Gasteiger partial charge is 0.153 e. The summed E-state index contributed by atoms with van der Waals surface area (Å²) < 4.78 is 0. The second-order valence-corrected chi connectivity index (χ2v) is 4.66. The lowest BCUT2D eigenvalue weighted by atomic mass is 9.88. The molecule has 0 atom stereocenters. The van der Waals surface area contributed by atoms with Crippen molar-refractivity contribution >= 4 is 5.78 Å². The Morgan fingerprint density at radius 3 is 2.29 bits per heavy atom. The molecule has 0 aromatic carbocycles. The molecule has 2 heteroatoms. The van der Waals surface area contributed by atoms with Crippen LogP contribution in [-0.2, 0) is 4.79 Å². The molecule has 2 nitrogen and oxygen atoms in total. The van der Waals surface area contributed by atoms with Crippen molar-refractivity contribution in [2.45, 2.75) is 57.4 Å². The number of nitrogens with zero attached hydrogens (tertiary/aromatic N) is 1. The average Bonchev–Trinajstić information content (AvgIpc) is 2.63. The zero-order chi connectivity index (χ0) is 10.6. The van der Waals surface area contributed by atoms with Gasteiger partial charge >= 0.3 is 0 Å². The molecular weight excluding hydrogens is 174 g/mol. The minimum Gasteiger partial charge on any atom is -0.298 e. The number of hydrogen-bond donors (Lipinski definition) is 0. The number of ketones is 1. The highest BCUT2D eigenvalue weighted by atomic mass is 16.1. The third-order valence-corrected chi connectivity index (χ3v) is 3.56. The summed E-state index contributed by atoms with van der Waals surface area (Å²) in [6, 6.07) is 0. The molecule has 0 saturated heterocycles. The molecule has 1 aliphatic rings. The van der Waals surface area contributed by atoms with E-state index in [1.807, 2.05) is 0 Å². The summed E-state index contributed by atoms with van der Waals surface area (Å²) in [6.45, 7) is 2.14. The van der Waals surface area contributed by atoms with Gasteiger partial charge in [-0.1, -0.05) is 26.2 Å². The molecule has 0 unspecified atom stereocenters. The first-order valence-electron chi connectivity index (χ1n) is 5.84. The Kier molecular flexibility index (Phi) is 4.11. The van der Waals surface area contributed by atoms with Gasteiger partial charge in [0.25, 0.3) is 0 Å². The largest absolute Gasteiger partial charge is 0.298 e. The molecule has 0 aromatic heterocycles. The Balaban J connectivity index is 2.62. The van der Waals surface area contributed by atoms with Crippen LogP contribution < -0.4 is 0 Å². The molecule has 82 valence electrons. The maximum Gasteiger partial charge on any atom is 0.153 e. The van der Waals surface area contributed by atoms with Gasteiger partial charge in [-0.3, -0.25) is 9.69 Å². The molecule has 0 aromatic rings. The molecule has 0 heterocycles. The summed E-state index contributed by atoms with van der Waals surface area (Å²) in [5, 5.41) is 0. The van der Waals surface area contributed by atoms with Gasteiger partial charge in [0.2, 0.25) is 0 Å². The Morgan fingerprint density at radius 2 is 1.86 bits per heavy atom. The van der Waals surface area contributed by atoms with Crippen LogP contribution in [0.4, 0.5) is 0 Å². The number of hydrogen-bond acceptors (Lipinski definition) is 2. The van der Waals surface area contributed by atoms with Crippen LogP contribution in [-0.4, -0.2) is 30.3 Å². The van der Waals surface area contributed by atoms with E-state index in [0.717, 1.165) is 32.1 Å². The monoisotopic (exact) mass is 197 g/mol. The van der Waals surface area contributed by atoms with Gasteiger partial charge in [0, 0.05) is 6.42 Å². The normalized spacial score (nSPS) is 20.3. The molecule has 0 aliphatic heterocycles. The van der Waals surface area contributed by atoms with E-state index in [0.29, 0.717) is 5.78 Å². The summed E-state index contributed by atoms with van der Waals surface area (Å²) in [6.07, 6.45) is 7.52. The van der Waals surface area contributed by atoms with Crippen molar-refractivity contribution in [2.24, 2.45) is 0 Å². The van der Waals surface area contributed by atoms with Gasteiger partial charge < -0.3 is 0 Å². The van der Waals surface area contributed by atoms with E-state index in [4.69, 9.17) is 0 Å². The Morgan fingerprint density at radius 1 is 1.29 bits per heavy atom. The second-order valence-electron chi connectivity index (χ2n) is 4.66. The molecule has 0 amide bonds. The first-order chi connectivity index (χ1) is 6.63. The lowest BCUT2D eigenvalue weighted by Crippen LogP contribution is -2.48. The SMILES string of the molecule is CCCCC(=O)C1(N(C)C)CCCC1. The van der Waals surface area contributed by atoms with Gasteiger partial charge in [0.05, 0.1) is 5.54 Å². The highest BCUT2D eigenvalue weighted by Gasteiger charge is 2.41. The molecule has 1 aliphatic carbocycles. The zero-order valence-electron chi connectivity index (χ0n) is 9.81. The molecule has 0 N–H and O–H groups in total. The van der Waals surface area contributed by atoms with Gasteiger partial charge in [0.1, 0.15) is 0 Å². The van der Waals surface area contributed by atoms with Crippen LogP contribution in [0.1, 0.15) is 51.9 Å². The van der Waals surface area contributed by atoms with Gasteiger partial charge in [-0.15, -0.1) is 0 Å².